The number of cyclic esters (lactones) is 1. The Labute approximate surface area is 133 Å². The summed E-state index contributed by atoms with van der Waals surface area (Å²) in [7, 11) is 0. The molecule has 108 valence electrons. The minimum atomic E-state index is -0.0715. The lowest BCUT2D eigenvalue weighted by atomic mass is 10.0. The first-order chi connectivity index (χ1) is 10.2. The molecule has 1 saturated heterocycles. The molecule has 0 aliphatic carbocycles. The highest BCUT2D eigenvalue weighted by Gasteiger charge is 2.26. The maximum Gasteiger partial charge on any atom is 0.319 e. The van der Waals surface area contributed by atoms with Crippen molar-refractivity contribution in [2.45, 2.75) is 17.4 Å². The molecule has 1 fully saturated rings. The first-order valence-corrected chi connectivity index (χ1v) is 8.28. The van der Waals surface area contributed by atoms with Crippen LogP contribution < -0.4 is 0 Å². The van der Waals surface area contributed by atoms with E-state index in [4.69, 9.17) is 16.3 Å². The minimum Gasteiger partial charge on any atom is -0.465 e. The van der Waals surface area contributed by atoms with E-state index in [-0.39, 0.29) is 11.2 Å². The van der Waals surface area contributed by atoms with Gasteiger partial charge in [-0.2, -0.15) is 0 Å². The third-order valence-corrected chi connectivity index (χ3v) is 5.05. The topological polar surface area (TPSA) is 26.3 Å². The second-order valence-electron chi connectivity index (χ2n) is 4.96. The van der Waals surface area contributed by atoms with Crippen LogP contribution in [0.25, 0.3) is 11.1 Å². The molecule has 1 heterocycles. The summed E-state index contributed by atoms with van der Waals surface area (Å²) in [5, 5.41) is 0.746. The van der Waals surface area contributed by atoms with E-state index in [1.165, 1.54) is 11.1 Å². The SMILES string of the molecule is O=C1OCCC1SCc1ccc(-c2ccc(Cl)cc2)cc1. The smallest absolute Gasteiger partial charge is 0.319 e. The fourth-order valence-corrected chi connectivity index (χ4v) is 3.44. The first kappa shape index (κ1) is 14.5. The van der Waals surface area contributed by atoms with Gasteiger partial charge in [-0.3, -0.25) is 4.79 Å². The van der Waals surface area contributed by atoms with Gasteiger partial charge in [0.15, 0.2) is 0 Å². The Bertz CT molecular complexity index is 622. The van der Waals surface area contributed by atoms with Gasteiger partial charge in [0.25, 0.3) is 0 Å². The lowest BCUT2D eigenvalue weighted by Gasteiger charge is -2.07. The van der Waals surface area contributed by atoms with Gasteiger partial charge < -0.3 is 4.74 Å². The molecule has 1 atom stereocenters. The molecule has 0 amide bonds. The van der Waals surface area contributed by atoms with Crippen molar-refractivity contribution in [2.75, 3.05) is 6.61 Å². The summed E-state index contributed by atoms with van der Waals surface area (Å²) < 4.78 is 4.97. The minimum absolute atomic E-state index is 0.000872. The normalized spacial score (nSPS) is 17.8. The number of hydrogen-bond donors (Lipinski definition) is 0. The molecule has 0 saturated carbocycles. The lowest BCUT2D eigenvalue weighted by molar-refractivity contribution is -0.137. The summed E-state index contributed by atoms with van der Waals surface area (Å²) in [5.74, 6) is 0.762. The Morgan fingerprint density at radius 3 is 2.24 bits per heavy atom. The van der Waals surface area contributed by atoms with Crippen molar-refractivity contribution >= 4 is 29.3 Å². The molecule has 0 radical (unpaired) electrons. The summed E-state index contributed by atoms with van der Waals surface area (Å²) in [6, 6.07) is 16.2. The van der Waals surface area contributed by atoms with Gasteiger partial charge in [-0.25, -0.2) is 0 Å². The van der Waals surface area contributed by atoms with Crippen molar-refractivity contribution in [3.05, 3.63) is 59.1 Å². The number of esters is 1. The Balaban J connectivity index is 1.64. The van der Waals surface area contributed by atoms with Crippen molar-refractivity contribution in [1.82, 2.24) is 0 Å². The van der Waals surface area contributed by atoms with E-state index in [1.54, 1.807) is 11.8 Å². The number of carbonyl (C=O) groups excluding carboxylic acids is 1. The van der Waals surface area contributed by atoms with Gasteiger partial charge in [0.2, 0.25) is 0 Å². The van der Waals surface area contributed by atoms with Crippen LogP contribution >= 0.6 is 23.4 Å². The quantitative estimate of drug-likeness (QED) is 0.773. The zero-order valence-corrected chi connectivity index (χ0v) is 13.0. The van der Waals surface area contributed by atoms with Crippen LogP contribution in [0.3, 0.4) is 0 Å². The van der Waals surface area contributed by atoms with Gasteiger partial charge >= 0.3 is 5.97 Å². The molecular weight excluding hydrogens is 304 g/mol. The van der Waals surface area contributed by atoms with Crippen molar-refractivity contribution in [2.24, 2.45) is 0 Å². The zero-order valence-electron chi connectivity index (χ0n) is 11.4. The molecule has 0 spiro atoms. The van der Waals surface area contributed by atoms with E-state index in [2.05, 4.69) is 24.3 Å². The van der Waals surface area contributed by atoms with Gasteiger partial charge in [-0.15, -0.1) is 11.8 Å². The average molecular weight is 319 g/mol. The molecule has 1 aliphatic heterocycles. The number of benzene rings is 2. The molecule has 1 aliphatic rings. The maximum atomic E-state index is 11.4. The molecular formula is C17H15ClO2S. The Hall–Kier alpha value is -1.45. The number of rotatable bonds is 4. The second kappa shape index (κ2) is 6.54. The van der Waals surface area contributed by atoms with Crippen LogP contribution in [0.1, 0.15) is 12.0 Å². The van der Waals surface area contributed by atoms with Crippen LogP contribution in [0.5, 0.6) is 0 Å². The van der Waals surface area contributed by atoms with Crippen molar-refractivity contribution in [3.8, 4) is 11.1 Å². The largest absolute Gasteiger partial charge is 0.465 e. The number of hydrogen-bond acceptors (Lipinski definition) is 3. The van der Waals surface area contributed by atoms with Crippen LogP contribution in [0, 0.1) is 0 Å². The zero-order chi connectivity index (χ0) is 14.7. The maximum absolute atomic E-state index is 11.4. The third-order valence-electron chi connectivity index (χ3n) is 3.47. The highest BCUT2D eigenvalue weighted by molar-refractivity contribution is 7.99. The van der Waals surface area contributed by atoms with Crippen molar-refractivity contribution in [3.63, 3.8) is 0 Å². The Kier molecular flexibility index (Phi) is 4.51. The average Bonchev–Trinajstić information content (AvgIpc) is 2.92. The molecule has 0 N–H and O–H groups in total. The van der Waals surface area contributed by atoms with Crippen LogP contribution in [-0.4, -0.2) is 17.8 Å². The van der Waals surface area contributed by atoms with Crippen LogP contribution in [0.15, 0.2) is 48.5 Å². The van der Waals surface area contributed by atoms with Crippen LogP contribution in [-0.2, 0) is 15.3 Å². The molecule has 3 rings (SSSR count). The van der Waals surface area contributed by atoms with E-state index in [1.807, 2.05) is 24.3 Å². The fraction of sp³-hybridized carbons (Fsp3) is 0.235. The summed E-state index contributed by atoms with van der Waals surface area (Å²) >= 11 is 7.56. The van der Waals surface area contributed by atoms with E-state index in [0.29, 0.717) is 6.61 Å². The predicted molar refractivity (Wildman–Crippen MR) is 87.5 cm³/mol. The molecule has 2 nitrogen and oxygen atoms in total. The summed E-state index contributed by atoms with van der Waals surface area (Å²) in [6.45, 7) is 0.562. The van der Waals surface area contributed by atoms with E-state index >= 15 is 0 Å². The number of thioether (sulfide) groups is 1. The van der Waals surface area contributed by atoms with Gasteiger partial charge in [-0.1, -0.05) is 48.0 Å². The molecule has 1 unspecified atom stereocenters. The first-order valence-electron chi connectivity index (χ1n) is 6.85. The monoisotopic (exact) mass is 318 g/mol. The van der Waals surface area contributed by atoms with Gasteiger partial charge in [0, 0.05) is 17.2 Å². The Morgan fingerprint density at radius 1 is 1.05 bits per heavy atom. The number of halogens is 1. The fourth-order valence-electron chi connectivity index (χ4n) is 2.26. The number of carbonyl (C=O) groups is 1. The molecule has 0 aromatic heterocycles. The van der Waals surface area contributed by atoms with E-state index in [9.17, 15) is 4.79 Å². The lowest BCUT2D eigenvalue weighted by Crippen LogP contribution is -2.09. The van der Waals surface area contributed by atoms with Crippen LogP contribution in [0.2, 0.25) is 5.02 Å². The van der Waals surface area contributed by atoms with Gasteiger partial charge in [0.1, 0.15) is 5.25 Å². The van der Waals surface area contributed by atoms with Crippen LogP contribution in [0.4, 0.5) is 0 Å². The third kappa shape index (κ3) is 3.60. The summed E-state index contributed by atoms with van der Waals surface area (Å²) in [5.41, 5.74) is 3.54. The molecule has 2 aromatic rings. The molecule has 4 heteroatoms. The summed E-state index contributed by atoms with van der Waals surface area (Å²) in [6.07, 6.45) is 0.826. The summed E-state index contributed by atoms with van der Waals surface area (Å²) in [4.78, 5) is 11.4. The van der Waals surface area contributed by atoms with E-state index < -0.39 is 0 Å². The second-order valence-corrected chi connectivity index (χ2v) is 6.59. The number of ether oxygens (including phenoxy) is 1. The molecule has 0 bridgehead atoms. The van der Waals surface area contributed by atoms with Gasteiger partial charge in [-0.05, 0) is 28.8 Å². The van der Waals surface area contributed by atoms with Gasteiger partial charge in [0.05, 0.1) is 6.61 Å². The Morgan fingerprint density at radius 2 is 1.67 bits per heavy atom. The van der Waals surface area contributed by atoms with Crippen molar-refractivity contribution in [1.29, 1.82) is 0 Å². The highest BCUT2D eigenvalue weighted by atomic mass is 35.5. The molecule has 21 heavy (non-hydrogen) atoms. The predicted octanol–water partition coefficient (Wildman–Crippen LogP) is 4.56. The molecule has 2 aromatic carbocycles. The highest BCUT2D eigenvalue weighted by Crippen LogP contribution is 2.27. The standard InChI is InChI=1S/C17H15ClO2S/c18-15-7-5-14(6-8-15)13-3-1-12(2-4-13)11-21-16-9-10-20-17(16)19/h1-8,16H,9-11H2. The van der Waals surface area contributed by atoms with Crippen molar-refractivity contribution < 1.29 is 9.53 Å². The van der Waals surface area contributed by atoms with E-state index in [0.717, 1.165) is 22.8 Å².